The average molecular weight is 263 g/mol. The number of carbonyl (C=O) groups excluding carboxylic acids is 1. The van der Waals surface area contributed by atoms with Gasteiger partial charge in [0.2, 0.25) is 5.16 Å². The fraction of sp³-hybridized carbons (Fsp3) is 0.250. The topological polar surface area (TPSA) is 67.9 Å². The van der Waals surface area contributed by atoms with Gasteiger partial charge in [-0.05, 0) is 12.5 Å². The molecule has 1 heterocycles. The van der Waals surface area contributed by atoms with Crippen LogP contribution in [0.2, 0.25) is 0 Å². The monoisotopic (exact) mass is 263 g/mol. The summed E-state index contributed by atoms with van der Waals surface area (Å²) in [5.41, 5.74) is 0.976. The number of esters is 1. The molecule has 1 aromatic heterocycles. The van der Waals surface area contributed by atoms with E-state index in [1.807, 2.05) is 37.3 Å². The second-order valence-corrected chi connectivity index (χ2v) is 4.58. The van der Waals surface area contributed by atoms with Crippen LogP contribution in [0.4, 0.5) is 0 Å². The minimum Gasteiger partial charge on any atom is -0.460 e. The predicted octanol–water partition coefficient (Wildman–Crippen LogP) is 1.95. The van der Waals surface area contributed by atoms with Crippen molar-refractivity contribution < 1.29 is 9.53 Å². The molecule has 0 saturated carbocycles. The Bertz CT molecular complexity index is 513. The van der Waals surface area contributed by atoms with E-state index < -0.39 is 0 Å². The van der Waals surface area contributed by atoms with Crippen LogP contribution >= 0.6 is 11.8 Å². The van der Waals surface area contributed by atoms with Gasteiger partial charge in [0, 0.05) is 0 Å². The summed E-state index contributed by atoms with van der Waals surface area (Å²) in [6.45, 7) is 2.11. The van der Waals surface area contributed by atoms with E-state index in [0.717, 1.165) is 11.4 Å². The average Bonchev–Trinajstić information content (AvgIpc) is 2.81. The molecule has 0 aliphatic heterocycles. The third-order valence-corrected chi connectivity index (χ3v) is 2.96. The molecule has 2 rings (SSSR count). The maximum absolute atomic E-state index is 11.5. The molecule has 0 fully saturated rings. The molecular formula is C12H13N3O2S. The van der Waals surface area contributed by atoms with E-state index >= 15 is 0 Å². The predicted molar refractivity (Wildman–Crippen MR) is 68.1 cm³/mol. The summed E-state index contributed by atoms with van der Waals surface area (Å²) >= 11 is 1.26. The first-order chi connectivity index (χ1) is 8.74. The second-order valence-electron chi connectivity index (χ2n) is 3.64. The molecule has 0 amide bonds. The minimum absolute atomic E-state index is 0.212. The van der Waals surface area contributed by atoms with Crippen molar-refractivity contribution in [3.05, 3.63) is 41.7 Å². The SMILES string of the molecule is Cc1nc(SCC(=O)OCc2ccccc2)n[nH]1. The molecule has 0 atom stereocenters. The first-order valence-electron chi connectivity index (χ1n) is 5.45. The van der Waals surface area contributed by atoms with Crippen molar-refractivity contribution >= 4 is 17.7 Å². The molecular weight excluding hydrogens is 250 g/mol. The maximum Gasteiger partial charge on any atom is 0.316 e. The van der Waals surface area contributed by atoms with Crippen molar-refractivity contribution in [2.24, 2.45) is 0 Å². The molecule has 0 saturated heterocycles. The van der Waals surface area contributed by atoms with Crippen LogP contribution in [0.3, 0.4) is 0 Å². The Hall–Kier alpha value is -1.82. The summed E-state index contributed by atoms with van der Waals surface area (Å²) in [4.78, 5) is 15.6. The zero-order valence-corrected chi connectivity index (χ0v) is 10.7. The van der Waals surface area contributed by atoms with Crippen molar-refractivity contribution in [1.29, 1.82) is 0 Å². The molecule has 1 N–H and O–H groups in total. The molecule has 0 spiro atoms. The highest BCUT2D eigenvalue weighted by atomic mass is 32.2. The highest BCUT2D eigenvalue weighted by molar-refractivity contribution is 7.99. The lowest BCUT2D eigenvalue weighted by Crippen LogP contribution is -2.07. The van der Waals surface area contributed by atoms with Crippen molar-refractivity contribution in [1.82, 2.24) is 15.2 Å². The van der Waals surface area contributed by atoms with E-state index in [4.69, 9.17) is 4.74 Å². The summed E-state index contributed by atoms with van der Waals surface area (Å²) in [5.74, 6) is 0.672. The number of hydrogen-bond donors (Lipinski definition) is 1. The van der Waals surface area contributed by atoms with Gasteiger partial charge in [-0.2, -0.15) is 0 Å². The van der Waals surface area contributed by atoms with Gasteiger partial charge in [-0.25, -0.2) is 4.98 Å². The Morgan fingerprint density at radius 1 is 1.39 bits per heavy atom. The molecule has 0 bridgehead atoms. The molecule has 0 aliphatic carbocycles. The number of carbonyl (C=O) groups is 1. The smallest absolute Gasteiger partial charge is 0.316 e. The molecule has 2 aromatic rings. The van der Waals surface area contributed by atoms with E-state index in [9.17, 15) is 4.79 Å². The Morgan fingerprint density at radius 3 is 2.83 bits per heavy atom. The van der Waals surface area contributed by atoms with Crippen LogP contribution in [0.5, 0.6) is 0 Å². The molecule has 0 aliphatic rings. The second kappa shape index (κ2) is 6.20. The van der Waals surface area contributed by atoms with Crippen LogP contribution in [-0.2, 0) is 16.1 Å². The Labute approximate surface area is 109 Å². The number of H-pyrrole nitrogens is 1. The molecule has 5 nitrogen and oxygen atoms in total. The molecule has 18 heavy (non-hydrogen) atoms. The van der Waals surface area contributed by atoms with E-state index in [0.29, 0.717) is 11.8 Å². The fourth-order valence-corrected chi connectivity index (χ4v) is 1.93. The van der Waals surface area contributed by atoms with Crippen LogP contribution in [0.25, 0.3) is 0 Å². The van der Waals surface area contributed by atoms with Crippen molar-refractivity contribution in [3.8, 4) is 0 Å². The lowest BCUT2D eigenvalue weighted by atomic mass is 10.2. The molecule has 6 heteroatoms. The number of ether oxygens (including phenoxy) is 1. The molecule has 94 valence electrons. The number of hydrogen-bond acceptors (Lipinski definition) is 5. The fourth-order valence-electron chi connectivity index (χ4n) is 1.29. The zero-order chi connectivity index (χ0) is 12.8. The van der Waals surface area contributed by atoms with E-state index in [1.54, 1.807) is 0 Å². The quantitative estimate of drug-likeness (QED) is 0.659. The summed E-state index contributed by atoms with van der Waals surface area (Å²) in [6, 6.07) is 9.58. The van der Waals surface area contributed by atoms with Gasteiger partial charge >= 0.3 is 5.97 Å². The van der Waals surface area contributed by atoms with Crippen LogP contribution in [-0.4, -0.2) is 26.9 Å². The van der Waals surface area contributed by atoms with Gasteiger partial charge in [0.1, 0.15) is 12.4 Å². The van der Waals surface area contributed by atoms with Gasteiger partial charge in [0.05, 0.1) is 5.75 Å². The Kier molecular flexibility index (Phi) is 4.35. The first-order valence-corrected chi connectivity index (χ1v) is 6.44. The summed E-state index contributed by atoms with van der Waals surface area (Å²) < 4.78 is 5.13. The molecule has 0 unspecified atom stereocenters. The summed E-state index contributed by atoms with van der Waals surface area (Å²) in [6.07, 6.45) is 0. The van der Waals surface area contributed by atoms with E-state index in [2.05, 4.69) is 15.2 Å². The number of thioether (sulfide) groups is 1. The van der Waals surface area contributed by atoms with Gasteiger partial charge in [-0.1, -0.05) is 42.1 Å². The third kappa shape index (κ3) is 3.89. The Morgan fingerprint density at radius 2 is 2.17 bits per heavy atom. The highest BCUT2D eigenvalue weighted by Crippen LogP contribution is 2.12. The maximum atomic E-state index is 11.5. The van der Waals surface area contributed by atoms with Gasteiger partial charge in [-0.3, -0.25) is 9.89 Å². The van der Waals surface area contributed by atoms with Crippen molar-refractivity contribution in [2.45, 2.75) is 18.7 Å². The van der Waals surface area contributed by atoms with Crippen LogP contribution in [0.1, 0.15) is 11.4 Å². The minimum atomic E-state index is -0.272. The largest absolute Gasteiger partial charge is 0.460 e. The third-order valence-electron chi connectivity index (χ3n) is 2.14. The number of rotatable bonds is 5. The summed E-state index contributed by atoms with van der Waals surface area (Å²) in [5, 5.41) is 7.20. The van der Waals surface area contributed by atoms with Gasteiger partial charge < -0.3 is 4.74 Å². The number of nitrogens with zero attached hydrogens (tertiary/aromatic N) is 2. The lowest BCUT2D eigenvalue weighted by molar-refractivity contribution is -0.141. The lowest BCUT2D eigenvalue weighted by Gasteiger charge is -2.03. The van der Waals surface area contributed by atoms with Crippen LogP contribution in [0.15, 0.2) is 35.5 Å². The molecule has 0 radical (unpaired) electrons. The number of aromatic nitrogens is 3. The van der Waals surface area contributed by atoms with Gasteiger partial charge in [0.25, 0.3) is 0 Å². The normalized spacial score (nSPS) is 10.3. The number of benzene rings is 1. The molecule has 1 aromatic carbocycles. The number of aromatic amines is 1. The van der Waals surface area contributed by atoms with E-state index in [1.165, 1.54) is 11.8 Å². The number of aryl methyl sites for hydroxylation is 1. The van der Waals surface area contributed by atoms with Gasteiger partial charge in [-0.15, -0.1) is 5.10 Å². The Balaban J connectivity index is 1.73. The van der Waals surface area contributed by atoms with E-state index in [-0.39, 0.29) is 11.7 Å². The first kappa shape index (κ1) is 12.6. The summed E-state index contributed by atoms with van der Waals surface area (Å²) in [7, 11) is 0. The zero-order valence-electron chi connectivity index (χ0n) is 9.92. The standard InChI is InChI=1S/C12H13N3O2S/c1-9-13-12(15-14-9)18-8-11(16)17-7-10-5-3-2-4-6-10/h2-6H,7-8H2,1H3,(H,13,14,15). The number of nitrogens with one attached hydrogen (secondary N) is 1. The van der Waals surface area contributed by atoms with Crippen LogP contribution < -0.4 is 0 Å². The van der Waals surface area contributed by atoms with Crippen molar-refractivity contribution in [2.75, 3.05) is 5.75 Å². The highest BCUT2D eigenvalue weighted by Gasteiger charge is 2.07. The van der Waals surface area contributed by atoms with Crippen molar-refractivity contribution in [3.63, 3.8) is 0 Å². The van der Waals surface area contributed by atoms with Gasteiger partial charge in [0.15, 0.2) is 0 Å². The van der Waals surface area contributed by atoms with Crippen LogP contribution in [0, 0.1) is 6.92 Å².